The Morgan fingerprint density at radius 2 is 2.11 bits per heavy atom. The van der Waals surface area contributed by atoms with Crippen molar-refractivity contribution in [2.24, 2.45) is 5.92 Å². The number of aromatic carboxylic acids is 1. The van der Waals surface area contributed by atoms with Crippen molar-refractivity contribution < 1.29 is 14.6 Å². The summed E-state index contributed by atoms with van der Waals surface area (Å²) < 4.78 is 5.65. The molecule has 0 saturated heterocycles. The summed E-state index contributed by atoms with van der Waals surface area (Å²) in [6.07, 6.45) is 0.912. The molecule has 0 unspecified atom stereocenters. The fourth-order valence-electron chi connectivity index (χ4n) is 2.95. The van der Waals surface area contributed by atoms with E-state index in [1.807, 2.05) is 49.2 Å². The summed E-state index contributed by atoms with van der Waals surface area (Å²) in [5.41, 5.74) is 2.62. The molecule has 3 rings (SSSR count). The number of thiophene rings is 1. The summed E-state index contributed by atoms with van der Waals surface area (Å²) in [4.78, 5) is 19.8. The van der Waals surface area contributed by atoms with Crippen molar-refractivity contribution in [3.05, 3.63) is 45.5 Å². The van der Waals surface area contributed by atoms with Crippen molar-refractivity contribution in [2.75, 3.05) is 18.6 Å². The first-order chi connectivity index (χ1) is 13.4. The largest absolute Gasteiger partial charge is 0.494 e. The summed E-state index contributed by atoms with van der Waals surface area (Å²) in [6.45, 7) is 6.95. The van der Waals surface area contributed by atoms with E-state index in [0.29, 0.717) is 23.1 Å². The van der Waals surface area contributed by atoms with Gasteiger partial charge in [0.25, 0.3) is 0 Å². The second-order valence-corrected chi connectivity index (χ2v) is 8.80. The molecule has 2 heterocycles. The fourth-order valence-corrected chi connectivity index (χ4v) is 4.98. The number of hydrogen-bond acceptors (Lipinski definition) is 6. The highest BCUT2D eigenvalue weighted by Crippen LogP contribution is 2.39. The molecule has 1 N–H and O–H groups in total. The summed E-state index contributed by atoms with van der Waals surface area (Å²) in [5.74, 6) is 0.396. The molecular weight excluding hydrogens is 392 g/mol. The number of carboxylic acid groups (broad SMARTS) is 1. The van der Waals surface area contributed by atoms with Crippen LogP contribution in [0.2, 0.25) is 0 Å². The SMILES string of the molecule is CCOc1cccc(-c2nc(N(C)c3ccsc3C(=O)O)sc2CC(C)C)c1. The van der Waals surface area contributed by atoms with E-state index >= 15 is 0 Å². The first-order valence-electron chi connectivity index (χ1n) is 9.18. The fraction of sp³-hybridized carbons (Fsp3) is 0.333. The molecule has 0 atom stereocenters. The minimum Gasteiger partial charge on any atom is -0.494 e. The van der Waals surface area contributed by atoms with Crippen LogP contribution < -0.4 is 9.64 Å². The lowest BCUT2D eigenvalue weighted by molar-refractivity contribution is 0.0703. The number of carbonyl (C=O) groups is 1. The van der Waals surface area contributed by atoms with E-state index in [1.165, 1.54) is 16.2 Å². The van der Waals surface area contributed by atoms with Gasteiger partial charge < -0.3 is 14.7 Å². The van der Waals surface area contributed by atoms with Crippen LogP contribution in [0.3, 0.4) is 0 Å². The maximum absolute atomic E-state index is 11.5. The number of benzene rings is 1. The quantitative estimate of drug-likeness (QED) is 0.493. The summed E-state index contributed by atoms with van der Waals surface area (Å²) in [6, 6.07) is 9.80. The third kappa shape index (κ3) is 4.36. The molecule has 0 aliphatic heterocycles. The number of anilines is 2. The van der Waals surface area contributed by atoms with Crippen LogP contribution in [0, 0.1) is 5.92 Å². The van der Waals surface area contributed by atoms with Crippen molar-refractivity contribution in [1.82, 2.24) is 4.98 Å². The van der Waals surface area contributed by atoms with Crippen molar-refractivity contribution in [3.63, 3.8) is 0 Å². The number of aromatic nitrogens is 1. The molecule has 0 spiro atoms. The highest BCUT2D eigenvalue weighted by atomic mass is 32.1. The molecule has 0 radical (unpaired) electrons. The van der Waals surface area contributed by atoms with E-state index in [0.717, 1.165) is 28.6 Å². The summed E-state index contributed by atoms with van der Waals surface area (Å²) >= 11 is 2.84. The number of nitrogens with zero attached hydrogens (tertiary/aromatic N) is 2. The van der Waals surface area contributed by atoms with Crippen molar-refractivity contribution >= 4 is 39.5 Å². The molecule has 0 aliphatic rings. The number of carboxylic acids is 1. The Hall–Kier alpha value is -2.38. The number of rotatable bonds is 8. The standard InChI is InChI=1S/C21H24N2O3S2/c1-5-26-15-8-6-7-14(12-15)18-17(11-13(2)3)28-21(22-18)23(4)16-9-10-27-19(16)20(24)25/h6-10,12-13H,5,11H2,1-4H3,(H,24,25). The van der Waals surface area contributed by atoms with Gasteiger partial charge in [0.15, 0.2) is 5.13 Å². The Morgan fingerprint density at radius 3 is 2.79 bits per heavy atom. The van der Waals surface area contributed by atoms with Crippen molar-refractivity contribution in [1.29, 1.82) is 0 Å². The molecule has 0 saturated carbocycles. The lowest BCUT2D eigenvalue weighted by atomic mass is 10.0. The number of ether oxygens (including phenoxy) is 1. The number of thiazole rings is 1. The van der Waals surface area contributed by atoms with Crippen LogP contribution in [-0.2, 0) is 6.42 Å². The Kier molecular flexibility index (Phi) is 6.36. The van der Waals surface area contributed by atoms with Gasteiger partial charge in [0, 0.05) is 17.5 Å². The molecular formula is C21H24N2O3S2. The van der Waals surface area contributed by atoms with Crippen molar-refractivity contribution in [3.8, 4) is 17.0 Å². The summed E-state index contributed by atoms with van der Waals surface area (Å²) in [7, 11) is 1.87. The molecule has 2 aromatic heterocycles. The molecule has 148 valence electrons. The molecule has 1 aromatic carbocycles. The van der Waals surface area contributed by atoms with E-state index in [-0.39, 0.29) is 0 Å². The predicted molar refractivity (Wildman–Crippen MR) is 117 cm³/mol. The molecule has 0 amide bonds. The van der Waals surface area contributed by atoms with Gasteiger partial charge in [-0.05, 0) is 42.8 Å². The van der Waals surface area contributed by atoms with Crippen LogP contribution >= 0.6 is 22.7 Å². The zero-order chi connectivity index (χ0) is 20.3. The minimum absolute atomic E-state index is 0.322. The Balaban J connectivity index is 2.03. The Bertz CT molecular complexity index is 962. The van der Waals surface area contributed by atoms with E-state index in [2.05, 4.69) is 13.8 Å². The topological polar surface area (TPSA) is 62.7 Å². The molecule has 7 heteroatoms. The van der Waals surface area contributed by atoms with Crippen LogP contribution in [-0.4, -0.2) is 29.7 Å². The van der Waals surface area contributed by atoms with Gasteiger partial charge in [0.2, 0.25) is 0 Å². The maximum atomic E-state index is 11.5. The number of hydrogen-bond donors (Lipinski definition) is 1. The summed E-state index contributed by atoms with van der Waals surface area (Å²) in [5, 5.41) is 12.0. The smallest absolute Gasteiger partial charge is 0.348 e. The first-order valence-corrected chi connectivity index (χ1v) is 10.9. The van der Waals surface area contributed by atoms with Crippen LogP contribution in [0.25, 0.3) is 11.3 Å². The van der Waals surface area contributed by atoms with Gasteiger partial charge in [0.1, 0.15) is 10.6 Å². The average molecular weight is 417 g/mol. The van der Waals surface area contributed by atoms with E-state index in [9.17, 15) is 9.90 Å². The second kappa shape index (κ2) is 8.75. The molecule has 3 aromatic rings. The molecule has 0 bridgehead atoms. The van der Waals surface area contributed by atoms with E-state index in [4.69, 9.17) is 9.72 Å². The Labute approximate surface area is 173 Å². The van der Waals surface area contributed by atoms with Gasteiger partial charge in [-0.25, -0.2) is 9.78 Å². The van der Waals surface area contributed by atoms with Crippen LogP contribution in [0.5, 0.6) is 5.75 Å². The maximum Gasteiger partial charge on any atom is 0.348 e. The monoisotopic (exact) mass is 416 g/mol. The van der Waals surface area contributed by atoms with Gasteiger partial charge in [-0.15, -0.1) is 22.7 Å². The average Bonchev–Trinajstić information content (AvgIpc) is 3.28. The highest BCUT2D eigenvalue weighted by molar-refractivity contribution is 7.16. The predicted octanol–water partition coefficient (Wildman–Crippen LogP) is 5.93. The lowest BCUT2D eigenvalue weighted by Crippen LogP contribution is -2.11. The Morgan fingerprint density at radius 1 is 1.32 bits per heavy atom. The van der Waals surface area contributed by atoms with Crippen molar-refractivity contribution in [2.45, 2.75) is 27.2 Å². The van der Waals surface area contributed by atoms with E-state index in [1.54, 1.807) is 16.7 Å². The minimum atomic E-state index is -0.916. The van der Waals surface area contributed by atoms with Gasteiger partial charge in [-0.2, -0.15) is 0 Å². The normalized spacial score (nSPS) is 11.0. The third-order valence-corrected chi connectivity index (χ3v) is 6.23. The highest BCUT2D eigenvalue weighted by Gasteiger charge is 2.21. The van der Waals surface area contributed by atoms with Crippen LogP contribution in [0.15, 0.2) is 35.7 Å². The molecule has 0 aliphatic carbocycles. The van der Waals surface area contributed by atoms with Gasteiger partial charge >= 0.3 is 5.97 Å². The van der Waals surface area contributed by atoms with Gasteiger partial charge in [-0.1, -0.05) is 26.0 Å². The van der Waals surface area contributed by atoms with Gasteiger partial charge in [-0.3, -0.25) is 0 Å². The van der Waals surface area contributed by atoms with E-state index < -0.39 is 5.97 Å². The van der Waals surface area contributed by atoms with Crippen LogP contribution in [0.1, 0.15) is 35.3 Å². The first kappa shape index (κ1) is 20.4. The third-order valence-electron chi connectivity index (χ3n) is 4.19. The molecule has 28 heavy (non-hydrogen) atoms. The second-order valence-electron chi connectivity index (χ2n) is 6.83. The molecule has 5 nitrogen and oxygen atoms in total. The van der Waals surface area contributed by atoms with Gasteiger partial charge in [0.05, 0.1) is 18.0 Å². The zero-order valence-electron chi connectivity index (χ0n) is 16.4. The van der Waals surface area contributed by atoms with Crippen LogP contribution in [0.4, 0.5) is 10.8 Å². The lowest BCUT2D eigenvalue weighted by Gasteiger charge is -2.15. The zero-order valence-corrected chi connectivity index (χ0v) is 18.1. The molecule has 0 fully saturated rings.